The van der Waals surface area contributed by atoms with Gasteiger partial charge < -0.3 is 50.7 Å². The summed E-state index contributed by atoms with van der Waals surface area (Å²) in [5.41, 5.74) is 3.10. The Morgan fingerprint density at radius 1 is 1.16 bits per heavy atom. The number of likely N-dealkylation sites (tertiary alicyclic amines) is 1. The molecule has 2 aromatic heterocycles. The zero-order valence-electron chi connectivity index (χ0n) is 32.0. The van der Waals surface area contributed by atoms with Gasteiger partial charge in [0.25, 0.3) is 17.7 Å². The first kappa shape index (κ1) is 41.9. The van der Waals surface area contributed by atoms with E-state index in [-0.39, 0.29) is 51.8 Å². The normalized spacial score (nSPS) is 20.4. The van der Waals surface area contributed by atoms with Gasteiger partial charge >= 0.3 is 11.9 Å². The number of nitrogens with one attached hydrogen (secondary N) is 3. The van der Waals surface area contributed by atoms with Gasteiger partial charge in [0.15, 0.2) is 33.4 Å². The van der Waals surface area contributed by atoms with Crippen LogP contribution in [0.3, 0.4) is 0 Å². The fourth-order valence-electron chi connectivity index (χ4n) is 7.48. The summed E-state index contributed by atoms with van der Waals surface area (Å²) in [6.07, 6.45) is 3.03. The molecule has 20 nitrogen and oxygen atoms in total. The second-order valence-corrected chi connectivity index (χ2v) is 16.7. The van der Waals surface area contributed by atoms with Crippen LogP contribution in [0.4, 0.5) is 5.13 Å². The second-order valence-electron chi connectivity index (χ2n) is 14.6. The van der Waals surface area contributed by atoms with E-state index in [4.69, 9.17) is 10.6 Å². The van der Waals surface area contributed by atoms with Crippen LogP contribution < -0.4 is 27.1 Å². The van der Waals surface area contributed by atoms with Gasteiger partial charge in [-0.15, -0.1) is 23.1 Å². The van der Waals surface area contributed by atoms with E-state index in [9.17, 15) is 49.2 Å². The number of amides is 3. The van der Waals surface area contributed by atoms with Crippen LogP contribution in [-0.2, 0) is 30.6 Å². The molecule has 3 aliphatic heterocycles. The van der Waals surface area contributed by atoms with Crippen LogP contribution >= 0.6 is 23.1 Å². The number of nitrogens with zero attached hydrogens (tertiary/aromatic N) is 5. The number of rotatable bonds is 15. The van der Waals surface area contributed by atoms with Crippen LogP contribution in [0.15, 0.2) is 44.9 Å². The molecule has 5 heterocycles. The number of hydrogen-bond donors (Lipinski definition) is 8. The highest BCUT2D eigenvalue weighted by Gasteiger charge is 2.65. The van der Waals surface area contributed by atoms with Gasteiger partial charge in [-0.3, -0.25) is 29.4 Å². The summed E-state index contributed by atoms with van der Waals surface area (Å²) < 4.78 is 1.92. The van der Waals surface area contributed by atoms with Crippen molar-refractivity contribution < 1.29 is 53.7 Å². The van der Waals surface area contributed by atoms with Crippen molar-refractivity contribution >= 4 is 74.5 Å². The molecule has 9 N–H and O–H groups in total. The number of benzene rings is 1. The lowest BCUT2D eigenvalue weighted by molar-refractivity contribution is -0.911. The number of aromatic hydroxyl groups is 2. The Kier molecular flexibility index (Phi) is 11.5. The average Bonchev–Trinajstić information content (AvgIpc) is 3.83. The number of aliphatic carboxylic acids is 2. The molecule has 2 unspecified atom stereocenters. The Hall–Kier alpha value is -5.71. The molecule has 0 radical (unpaired) electrons. The van der Waals surface area contributed by atoms with Crippen molar-refractivity contribution in [3.05, 3.63) is 56.5 Å². The summed E-state index contributed by atoms with van der Waals surface area (Å²) in [5, 5.41) is 54.3. The minimum atomic E-state index is -1.83. The summed E-state index contributed by atoms with van der Waals surface area (Å²) in [6, 6.07) is 1.25. The Bertz CT molecular complexity index is 2330. The monoisotopic (exact) mass is 842 g/mol. The van der Waals surface area contributed by atoms with Crippen molar-refractivity contribution in [1.82, 2.24) is 30.4 Å². The minimum absolute atomic E-state index is 0.0272. The van der Waals surface area contributed by atoms with Crippen LogP contribution in [0.5, 0.6) is 11.5 Å². The van der Waals surface area contributed by atoms with Crippen LogP contribution in [0.25, 0.3) is 10.9 Å². The first-order valence-corrected chi connectivity index (χ1v) is 20.1. The van der Waals surface area contributed by atoms with Gasteiger partial charge in [0.2, 0.25) is 11.0 Å². The highest BCUT2D eigenvalue weighted by atomic mass is 32.2. The number of anilines is 1. The lowest BCUT2D eigenvalue weighted by Gasteiger charge is -2.58. The van der Waals surface area contributed by atoms with E-state index >= 15 is 0 Å². The van der Waals surface area contributed by atoms with Crippen LogP contribution in [0, 0.1) is 0 Å². The van der Waals surface area contributed by atoms with E-state index in [1.165, 1.54) is 60.9 Å². The molecule has 2 saturated heterocycles. The maximum absolute atomic E-state index is 13.9. The second kappa shape index (κ2) is 15.9. The standard InChI is InChI=1S/C36H43N9O11S2/c1-5-43-14-20(26(47)19-8-9-22(46)27(48)25(19)43)29(49)39-10-13-45(11-6-7-12-45)15-18-16-58-36(38-4)28(31(51)44(36)24(18)32(52)53)41-30(50)23(21-17-57-34(37)40-21)42-56-35(2,3)33(54)55/h8-9,14,17,28,38H,5-7,10-13,15-16H2,1-4H3,(H7-,37,39,40,41,42,46,47,48,49,50,52,53,54,55)/p+1. The summed E-state index contributed by atoms with van der Waals surface area (Å²) in [7, 11) is 1.53. The lowest BCUT2D eigenvalue weighted by atomic mass is 9.96. The van der Waals surface area contributed by atoms with Gasteiger partial charge in [-0.1, -0.05) is 5.16 Å². The Morgan fingerprint density at radius 3 is 2.47 bits per heavy atom. The van der Waals surface area contributed by atoms with Gasteiger partial charge in [0.1, 0.15) is 23.5 Å². The summed E-state index contributed by atoms with van der Waals surface area (Å²) in [4.78, 5) is 87.9. The number of aromatic nitrogens is 2. The number of pyridine rings is 1. The van der Waals surface area contributed by atoms with E-state index in [0.29, 0.717) is 36.2 Å². The number of oxime groups is 1. The summed E-state index contributed by atoms with van der Waals surface area (Å²) in [5.74, 6) is -5.67. The molecular weight excluding hydrogens is 799 g/mol. The number of carboxylic acids is 2. The number of likely N-dealkylation sites (N-methyl/N-ethyl adjacent to an activating group) is 1. The Balaban J connectivity index is 1.21. The molecule has 6 rings (SSSR count). The van der Waals surface area contributed by atoms with Crippen molar-refractivity contribution in [3.8, 4) is 11.5 Å². The third-order valence-corrected chi connectivity index (χ3v) is 12.8. The molecule has 310 valence electrons. The number of phenols is 2. The van der Waals surface area contributed by atoms with Crippen molar-refractivity contribution in [1.29, 1.82) is 0 Å². The quantitative estimate of drug-likeness (QED) is 0.0338. The molecule has 3 aliphatic rings. The van der Waals surface area contributed by atoms with Gasteiger partial charge in [0.05, 0.1) is 37.1 Å². The zero-order chi connectivity index (χ0) is 42.3. The fraction of sp³-hybridized carbons (Fsp3) is 0.444. The number of thiazole rings is 1. The Labute approximate surface area is 338 Å². The summed E-state index contributed by atoms with van der Waals surface area (Å²) in [6.45, 7) is 6.66. The SMILES string of the molecule is CCn1cc(C(=O)NCC[N+]2(CC3=C(C(=O)O)N4C(=O)C(NC(=O)C(=NOC(C)(C)C(=O)O)c5csc(N)n5)C4(NC)SC3)CCCC2)c(=O)c2ccc(O)c(O)c21. The number of carbonyl (C=O) groups is 5. The number of nitrogen functional groups attached to an aromatic ring is 1. The zero-order valence-corrected chi connectivity index (χ0v) is 33.7. The van der Waals surface area contributed by atoms with Crippen LogP contribution in [0.1, 0.15) is 49.7 Å². The van der Waals surface area contributed by atoms with Crippen molar-refractivity contribution in [2.24, 2.45) is 5.16 Å². The number of aryl methyl sites for hydroxylation is 1. The van der Waals surface area contributed by atoms with Gasteiger partial charge in [0, 0.05) is 42.3 Å². The smallest absolute Gasteiger partial charge is 0.352 e. The maximum Gasteiger partial charge on any atom is 0.352 e. The topological polar surface area (TPSA) is 288 Å². The van der Waals surface area contributed by atoms with E-state index < -0.39 is 68.9 Å². The molecule has 0 bridgehead atoms. The molecule has 58 heavy (non-hydrogen) atoms. The molecule has 2 fully saturated rings. The first-order valence-electron chi connectivity index (χ1n) is 18.3. The van der Waals surface area contributed by atoms with Crippen LogP contribution in [0.2, 0.25) is 0 Å². The summed E-state index contributed by atoms with van der Waals surface area (Å²) >= 11 is 2.21. The largest absolute Gasteiger partial charge is 0.504 e. The molecule has 0 spiro atoms. The average molecular weight is 843 g/mol. The highest BCUT2D eigenvalue weighted by molar-refractivity contribution is 8.01. The van der Waals surface area contributed by atoms with Gasteiger partial charge in [-0.05, 0) is 40.0 Å². The van der Waals surface area contributed by atoms with Crippen LogP contribution in [-0.4, -0.2) is 137 Å². The predicted octanol–water partition coefficient (Wildman–Crippen LogP) is 0.382. The maximum atomic E-state index is 13.9. The number of phenolic OH excluding ortho intramolecular Hbond substituents is 2. The molecule has 0 aliphatic carbocycles. The molecule has 2 atom stereocenters. The number of carbonyl (C=O) groups excluding carboxylic acids is 3. The highest BCUT2D eigenvalue weighted by Crippen LogP contribution is 2.48. The molecule has 1 aromatic carbocycles. The molecule has 22 heteroatoms. The van der Waals surface area contributed by atoms with Gasteiger partial charge in [-0.2, -0.15) is 0 Å². The minimum Gasteiger partial charge on any atom is -0.504 e. The predicted molar refractivity (Wildman–Crippen MR) is 212 cm³/mol. The number of carboxylic acid groups (broad SMARTS) is 2. The lowest BCUT2D eigenvalue weighted by Crippen LogP contribution is -2.83. The van der Waals surface area contributed by atoms with Gasteiger partial charge in [-0.25, -0.2) is 14.6 Å². The fourth-order valence-corrected chi connectivity index (χ4v) is 9.43. The number of thioether (sulfide) groups is 1. The third-order valence-electron chi connectivity index (χ3n) is 10.6. The number of fused-ring (bicyclic) bond motifs is 2. The van der Waals surface area contributed by atoms with E-state index in [0.717, 1.165) is 29.1 Å². The first-order chi connectivity index (χ1) is 27.4. The number of quaternary nitrogens is 1. The van der Waals surface area contributed by atoms with Crippen molar-refractivity contribution in [3.63, 3.8) is 0 Å². The van der Waals surface area contributed by atoms with Crippen molar-refractivity contribution in [2.45, 2.75) is 56.8 Å². The molecule has 3 amide bonds. The Morgan fingerprint density at radius 2 is 1.86 bits per heavy atom. The molecular formula is C36H44N9O11S2+. The number of hydrogen-bond acceptors (Lipinski definition) is 15. The van der Waals surface area contributed by atoms with E-state index in [1.807, 2.05) is 0 Å². The molecule has 0 saturated carbocycles. The number of β-lactam (4-membered cyclic amide) rings is 1. The van der Waals surface area contributed by atoms with E-state index in [1.54, 1.807) is 6.92 Å². The third kappa shape index (κ3) is 7.42. The molecule has 3 aromatic rings. The van der Waals surface area contributed by atoms with E-state index in [2.05, 4.69) is 26.1 Å². The van der Waals surface area contributed by atoms with Crippen molar-refractivity contribution in [2.75, 3.05) is 51.3 Å². The number of nitrogens with two attached hydrogens (primary N) is 1.